The highest BCUT2D eigenvalue weighted by molar-refractivity contribution is 8.00. The van der Waals surface area contributed by atoms with Gasteiger partial charge in [-0.2, -0.15) is 4.98 Å². The van der Waals surface area contributed by atoms with Crippen LogP contribution in [0.2, 0.25) is 0 Å². The zero-order chi connectivity index (χ0) is 24.2. The number of carbonyl (C=O) groups excluding carboxylic acids is 1. The smallest absolute Gasteiger partial charge is 0.234 e. The number of rotatable bonds is 7. The van der Waals surface area contributed by atoms with Crippen molar-refractivity contribution in [3.05, 3.63) is 89.7 Å². The fourth-order valence-corrected chi connectivity index (χ4v) is 4.53. The first kappa shape index (κ1) is 22.9. The van der Waals surface area contributed by atoms with Crippen LogP contribution in [0.1, 0.15) is 18.1 Å². The van der Waals surface area contributed by atoms with Gasteiger partial charge in [0.05, 0.1) is 17.9 Å². The molecule has 8 heteroatoms. The van der Waals surface area contributed by atoms with Gasteiger partial charge in [0.2, 0.25) is 11.8 Å². The largest absolute Gasteiger partial charge is 0.494 e. The molecule has 0 aliphatic carbocycles. The van der Waals surface area contributed by atoms with Gasteiger partial charge < -0.3 is 14.8 Å². The van der Waals surface area contributed by atoms with E-state index in [0.717, 1.165) is 28.2 Å². The summed E-state index contributed by atoms with van der Waals surface area (Å²) in [6.45, 7) is 2.52. The second-order valence-electron chi connectivity index (χ2n) is 7.82. The standard InChI is InChI=1S/C27H22FN3O3S/c1-2-33-21-13-7-17(8-14-21)25-30-26-22(15-18-5-3-4-6-23(18)34-26)27(31-25)35-16-24(32)29-20-11-9-19(28)10-12-20/h3-14H,2,15-16H2,1H3,(H,29,32). The number of ether oxygens (including phenoxy) is 2. The first-order valence-corrected chi connectivity index (χ1v) is 12.2. The maximum absolute atomic E-state index is 13.1. The summed E-state index contributed by atoms with van der Waals surface area (Å²) in [6, 6.07) is 21.0. The molecule has 0 bridgehead atoms. The van der Waals surface area contributed by atoms with E-state index in [2.05, 4.69) is 5.32 Å². The second-order valence-corrected chi connectivity index (χ2v) is 8.79. The fourth-order valence-electron chi connectivity index (χ4n) is 3.70. The predicted octanol–water partition coefficient (Wildman–Crippen LogP) is 6.11. The summed E-state index contributed by atoms with van der Waals surface area (Å²) < 4.78 is 24.8. The van der Waals surface area contributed by atoms with E-state index < -0.39 is 0 Å². The van der Waals surface area contributed by atoms with E-state index in [4.69, 9.17) is 19.4 Å². The van der Waals surface area contributed by atoms with E-state index in [9.17, 15) is 9.18 Å². The quantitative estimate of drug-likeness (QED) is 0.221. The zero-order valence-electron chi connectivity index (χ0n) is 19.0. The Labute approximate surface area is 206 Å². The number of aromatic nitrogens is 2. The van der Waals surface area contributed by atoms with E-state index in [1.165, 1.54) is 36.0 Å². The monoisotopic (exact) mass is 487 g/mol. The minimum Gasteiger partial charge on any atom is -0.494 e. The van der Waals surface area contributed by atoms with Crippen LogP contribution in [0.4, 0.5) is 10.1 Å². The number of fused-ring (bicyclic) bond motifs is 2. The predicted molar refractivity (Wildman–Crippen MR) is 134 cm³/mol. The van der Waals surface area contributed by atoms with E-state index in [0.29, 0.717) is 35.4 Å². The lowest BCUT2D eigenvalue weighted by molar-refractivity contribution is -0.113. The molecule has 176 valence electrons. The number of carbonyl (C=O) groups is 1. The number of benzene rings is 3. The van der Waals surface area contributed by atoms with Crippen LogP contribution in [0.5, 0.6) is 17.4 Å². The summed E-state index contributed by atoms with van der Waals surface area (Å²) in [5.74, 6) is 2.09. The zero-order valence-corrected chi connectivity index (χ0v) is 19.8. The van der Waals surface area contributed by atoms with Crippen molar-refractivity contribution in [2.45, 2.75) is 18.4 Å². The average Bonchev–Trinajstić information content (AvgIpc) is 2.88. The Morgan fingerprint density at radius 3 is 2.60 bits per heavy atom. The molecule has 4 aromatic rings. The third-order valence-corrected chi connectivity index (χ3v) is 6.39. The third kappa shape index (κ3) is 5.27. The molecule has 0 unspecified atom stereocenters. The highest BCUT2D eigenvalue weighted by Crippen LogP contribution is 2.40. The van der Waals surface area contributed by atoms with Crippen LogP contribution in [0.15, 0.2) is 77.8 Å². The van der Waals surface area contributed by atoms with Gasteiger partial charge in [-0.25, -0.2) is 9.37 Å². The first-order valence-electron chi connectivity index (χ1n) is 11.2. The van der Waals surface area contributed by atoms with Crippen LogP contribution in [0.25, 0.3) is 11.4 Å². The minimum atomic E-state index is -0.355. The Morgan fingerprint density at radius 1 is 1.06 bits per heavy atom. The number of amides is 1. The number of nitrogens with one attached hydrogen (secondary N) is 1. The Hall–Kier alpha value is -3.91. The highest BCUT2D eigenvalue weighted by atomic mass is 32.2. The molecule has 1 aliphatic rings. The second kappa shape index (κ2) is 10.1. The number of hydrogen-bond donors (Lipinski definition) is 1. The van der Waals surface area contributed by atoms with E-state index in [1.54, 1.807) is 0 Å². The normalized spacial score (nSPS) is 11.7. The van der Waals surface area contributed by atoms with Gasteiger partial charge in [-0.15, -0.1) is 0 Å². The van der Waals surface area contributed by atoms with Gasteiger partial charge in [0.1, 0.15) is 22.3 Å². The molecule has 5 rings (SSSR count). The van der Waals surface area contributed by atoms with Crippen LogP contribution in [0.3, 0.4) is 0 Å². The number of anilines is 1. The molecular formula is C27H22FN3O3S. The lowest BCUT2D eigenvalue weighted by Crippen LogP contribution is -2.15. The molecule has 0 saturated carbocycles. The van der Waals surface area contributed by atoms with Crippen molar-refractivity contribution in [2.75, 3.05) is 17.7 Å². The van der Waals surface area contributed by atoms with E-state index in [1.807, 2.05) is 55.5 Å². The molecule has 1 aliphatic heterocycles. The number of hydrogen-bond acceptors (Lipinski definition) is 6. The fraction of sp³-hybridized carbons (Fsp3) is 0.148. The topological polar surface area (TPSA) is 73.3 Å². The molecule has 1 aromatic heterocycles. The van der Waals surface area contributed by atoms with Crippen LogP contribution >= 0.6 is 11.8 Å². The molecule has 35 heavy (non-hydrogen) atoms. The summed E-state index contributed by atoms with van der Waals surface area (Å²) in [7, 11) is 0. The molecule has 3 aromatic carbocycles. The summed E-state index contributed by atoms with van der Waals surface area (Å²) in [6.07, 6.45) is 0.608. The number of para-hydroxylation sites is 1. The van der Waals surface area contributed by atoms with Crippen molar-refractivity contribution in [3.8, 4) is 28.8 Å². The van der Waals surface area contributed by atoms with Crippen LogP contribution in [0, 0.1) is 5.82 Å². The van der Waals surface area contributed by atoms with Crippen LogP contribution < -0.4 is 14.8 Å². The lowest BCUT2D eigenvalue weighted by Gasteiger charge is -2.21. The van der Waals surface area contributed by atoms with Crippen molar-refractivity contribution >= 4 is 23.4 Å². The molecule has 0 radical (unpaired) electrons. The van der Waals surface area contributed by atoms with Gasteiger partial charge in [0.25, 0.3) is 0 Å². The van der Waals surface area contributed by atoms with E-state index in [-0.39, 0.29) is 17.5 Å². The summed E-state index contributed by atoms with van der Waals surface area (Å²) in [5, 5.41) is 3.47. The van der Waals surface area contributed by atoms with Crippen molar-refractivity contribution in [2.24, 2.45) is 0 Å². The van der Waals surface area contributed by atoms with Gasteiger partial charge in [-0.3, -0.25) is 4.79 Å². The molecule has 0 saturated heterocycles. The Bertz CT molecular complexity index is 1360. The van der Waals surface area contributed by atoms with Crippen LogP contribution in [-0.2, 0) is 11.2 Å². The van der Waals surface area contributed by atoms with Crippen molar-refractivity contribution in [3.63, 3.8) is 0 Å². The molecule has 0 atom stereocenters. The highest BCUT2D eigenvalue weighted by Gasteiger charge is 2.24. The van der Waals surface area contributed by atoms with Crippen LogP contribution in [-0.4, -0.2) is 28.2 Å². The summed E-state index contributed by atoms with van der Waals surface area (Å²) >= 11 is 1.32. The molecule has 0 spiro atoms. The number of thioether (sulfide) groups is 1. The molecular weight excluding hydrogens is 465 g/mol. The molecule has 1 N–H and O–H groups in total. The molecule has 6 nitrogen and oxygen atoms in total. The third-order valence-electron chi connectivity index (χ3n) is 5.37. The average molecular weight is 488 g/mol. The number of halogens is 1. The van der Waals surface area contributed by atoms with Gasteiger partial charge >= 0.3 is 0 Å². The Morgan fingerprint density at radius 2 is 1.83 bits per heavy atom. The maximum atomic E-state index is 13.1. The van der Waals surface area contributed by atoms with Gasteiger partial charge in [-0.1, -0.05) is 30.0 Å². The van der Waals surface area contributed by atoms with Gasteiger partial charge in [0.15, 0.2) is 5.82 Å². The number of nitrogens with zero attached hydrogens (tertiary/aromatic N) is 2. The van der Waals surface area contributed by atoms with E-state index >= 15 is 0 Å². The van der Waals surface area contributed by atoms with Gasteiger partial charge in [0, 0.05) is 17.7 Å². The first-order chi connectivity index (χ1) is 17.1. The van der Waals surface area contributed by atoms with Gasteiger partial charge in [-0.05, 0) is 67.1 Å². The minimum absolute atomic E-state index is 0.130. The maximum Gasteiger partial charge on any atom is 0.234 e. The van der Waals surface area contributed by atoms with Crippen molar-refractivity contribution in [1.82, 2.24) is 9.97 Å². The van der Waals surface area contributed by atoms with Crippen molar-refractivity contribution < 1.29 is 18.7 Å². The molecule has 0 fully saturated rings. The molecule has 1 amide bonds. The summed E-state index contributed by atoms with van der Waals surface area (Å²) in [4.78, 5) is 22.1. The Balaban J connectivity index is 1.42. The van der Waals surface area contributed by atoms with Crippen molar-refractivity contribution in [1.29, 1.82) is 0 Å². The SMILES string of the molecule is CCOc1ccc(-c2nc3c(c(SCC(=O)Nc4ccc(F)cc4)n2)Cc2ccccc2O3)cc1. The summed E-state index contributed by atoms with van der Waals surface area (Å²) in [5.41, 5.74) is 3.23. The lowest BCUT2D eigenvalue weighted by atomic mass is 10.0. The Kier molecular flexibility index (Phi) is 6.63. The molecule has 2 heterocycles.